The van der Waals surface area contributed by atoms with Crippen molar-refractivity contribution in [3.05, 3.63) is 24.3 Å². The Balaban J connectivity index is 3.12. The Morgan fingerprint density at radius 1 is 0.871 bits per heavy atom. The first-order valence-corrected chi connectivity index (χ1v) is 8.21. The number of hydrogen-bond donors (Lipinski definition) is 1. The Morgan fingerprint density at radius 2 is 1.39 bits per heavy atom. The first kappa shape index (κ1) is 26.7. The normalized spacial score (nSPS) is 15.4. The molecule has 0 saturated carbocycles. The first-order valence-electron chi connectivity index (χ1n) is 8.21. The third kappa shape index (κ3) is 5.89. The van der Waals surface area contributed by atoms with E-state index in [2.05, 4.69) is 4.74 Å². The molecule has 1 rings (SSSR count). The molecule has 0 aromatic heterocycles. The van der Waals surface area contributed by atoms with Gasteiger partial charge in [-0.25, -0.2) is 0 Å². The summed E-state index contributed by atoms with van der Waals surface area (Å²) in [6.45, 7) is 2.10. The quantitative estimate of drug-likeness (QED) is 0.359. The van der Waals surface area contributed by atoms with Crippen molar-refractivity contribution in [2.45, 2.75) is 50.0 Å². The number of unbranched alkanes of at least 4 members (excludes halogenated alkanes) is 1. The SMILES string of the molecule is CCCCOc1ccc(NC(=O)C(F)(OC(F)(F)C(F)(F)C(F)(F)F)C(F)(F)F)cc1. The van der Waals surface area contributed by atoms with E-state index in [1.54, 1.807) is 0 Å². The standard InChI is InChI=1S/C16H14F11NO3/c1-2-3-8-30-10-6-4-9(5-7-10)28-11(29)12(17,14(20,21)22)31-16(26,27)13(18,19)15(23,24)25/h4-7H,2-3,8H2,1H3,(H,28,29). The lowest BCUT2D eigenvalue weighted by molar-refractivity contribution is -0.472. The van der Waals surface area contributed by atoms with E-state index in [4.69, 9.17) is 4.74 Å². The zero-order chi connectivity index (χ0) is 24.3. The molecule has 1 aromatic carbocycles. The predicted octanol–water partition coefficient (Wildman–Crippen LogP) is 5.84. The zero-order valence-electron chi connectivity index (χ0n) is 15.3. The molecule has 0 heterocycles. The van der Waals surface area contributed by atoms with Gasteiger partial charge in [0, 0.05) is 5.69 Å². The van der Waals surface area contributed by atoms with Crippen molar-refractivity contribution in [2.75, 3.05) is 11.9 Å². The van der Waals surface area contributed by atoms with Crippen molar-refractivity contribution in [1.82, 2.24) is 0 Å². The number of anilines is 1. The van der Waals surface area contributed by atoms with Gasteiger partial charge in [-0.05, 0) is 30.7 Å². The van der Waals surface area contributed by atoms with E-state index in [0.29, 0.717) is 6.42 Å². The zero-order valence-corrected chi connectivity index (χ0v) is 15.3. The number of rotatable bonds is 9. The highest BCUT2D eigenvalue weighted by Crippen LogP contribution is 2.51. The van der Waals surface area contributed by atoms with Crippen LogP contribution in [0.4, 0.5) is 54.0 Å². The molecule has 4 nitrogen and oxygen atoms in total. The molecule has 1 N–H and O–H groups in total. The molecule has 1 amide bonds. The lowest BCUT2D eigenvalue weighted by Crippen LogP contribution is -2.62. The first-order chi connectivity index (χ1) is 13.9. The summed E-state index contributed by atoms with van der Waals surface area (Å²) in [5.74, 6) is -16.5. The van der Waals surface area contributed by atoms with E-state index in [-0.39, 0.29) is 12.4 Å². The number of amides is 1. The summed E-state index contributed by atoms with van der Waals surface area (Å²) in [4.78, 5) is 11.6. The van der Waals surface area contributed by atoms with Crippen molar-refractivity contribution in [3.8, 4) is 5.75 Å². The molecular weight excluding hydrogens is 463 g/mol. The van der Waals surface area contributed by atoms with E-state index in [9.17, 15) is 53.1 Å². The second-order valence-corrected chi connectivity index (χ2v) is 5.96. The Morgan fingerprint density at radius 3 is 1.81 bits per heavy atom. The average molecular weight is 477 g/mol. The Bertz CT molecular complexity index is 747. The average Bonchev–Trinajstić information content (AvgIpc) is 2.60. The van der Waals surface area contributed by atoms with Crippen LogP contribution in [0.25, 0.3) is 0 Å². The molecule has 178 valence electrons. The van der Waals surface area contributed by atoms with Gasteiger partial charge in [0.15, 0.2) is 0 Å². The topological polar surface area (TPSA) is 47.6 Å². The molecule has 1 unspecified atom stereocenters. The lowest BCUT2D eigenvalue weighted by atomic mass is 10.2. The van der Waals surface area contributed by atoms with Crippen molar-refractivity contribution < 1.29 is 62.6 Å². The molecule has 0 aliphatic carbocycles. The predicted molar refractivity (Wildman–Crippen MR) is 82.4 cm³/mol. The number of benzene rings is 1. The fourth-order valence-electron chi connectivity index (χ4n) is 1.82. The van der Waals surface area contributed by atoms with Crippen LogP contribution in [0.2, 0.25) is 0 Å². The van der Waals surface area contributed by atoms with E-state index >= 15 is 0 Å². The van der Waals surface area contributed by atoms with Crippen LogP contribution in [0.1, 0.15) is 19.8 Å². The van der Waals surface area contributed by atoms with Gasteiger partial charge in [0.25, 0.3) is 5.91 Å². The van der Waals surface area contributed by atoms with Crippen LogP contribution in [-0.4, -0.2) is 42.8 Å². The molecule has 15 heteroatoms. The van der Waals surface area contributed by atoms with Gasteiger partial charge >= 0.3 is 30.2 Å². The summed E-state index contributed by atoms with van der Waals surface area (Å²) in [7, 11) is 0. The van der Waals surface area contributed by atoms with Gasteiger partial charge in [0.2, 0.25) is 0 Å². The van der Waals surface area contributed by atoms with Crippen molar-refractivity contribution in [3.63, 3.8) is 0 Å². The van der Waals surface area contributed by atoms with Crippen LogP contribution in [0.3, 0.4) is 0 Å². The molecular formula is C16H14F11NO3. The van der Waals surface area contributed by atoms with E-state index in [1.165, 1.54) is 0 Å². The smallest absolute Gasteiger partial charge is 0.462 e. The summed E-state index contributed by atoms with van der Waals surface area (Å²) < 4.78 is 148. The molecule has 0 radical (unpaired) electrons. The molecule has 1 atom stereocenters. The Labute approximate surface area is 167 Å². The van der Waals surface area contributed by atoms with Gasteiger partial charge in [0.05, 0.1) is 6.61 Å². The van der Waals surface area contributed by atoms with Crippen LogP contribution < -0.4 is 10.1 Å². The van der Waals surface area contributed by atoms with Gasteiger partial charge in [-0.15, -0.1) is 0 Å². The summed E-state index contributed by atoms with van der Waals surface area (Å²) >= 11 is 0. The third-order valence-electron chi connectivity index (χ3n) is 3.53. The molecule has 0 saturated heterocycles. The van der Waals surface area contributed by atoms with Crippen LogP contribution in [-0.2, 0) is 9.53 Å². The number of ether oxygens (including phenoxy) is 2. The van der Waals surface area contributed by atoms with Gasteiger partial charge in [0.1, 0.15) is 5.75 Å². The summed E-state index contributed by atoms with van der Waals surface area (Å²) in [6, 6.07) is 3.81. The van der Waals surface area contributed by atoms with Crippen molar-refractivity contribution in [1.29, 1.82) is 0 Å². The number of hydrogen-bond acceptors (Lipinski definition) is 3. The Hall–Kier alpha value is -2.32. The number of nitrogens with one attached hydrogen (secondary N) is 1. The monoisotopic (exact) mass is 477 g/mol. The van der Waals surface area contributed by atoms with Crippen molar-refractivity contribution in [2.24, 2.45) is 0 Å². The second-order valence-electron chi connectivity index (χ2n) is 5.96. The Kier molecular flexibility index (Phi) is 7.79. The molecule has 0 aliphatic rings. The van der Waals surface area contributed by atoms with Gasteiger partial charge in [-0.1, -0.05) is 13.3 Å². The third-order valence-corrected chi connectivity index (χ3v) is 3.53. The van der Waals surface area contributed by atoms with Crippen LogP contribution >= 0.6 is 0 Å². The number of alkyl halides is 11. The highest BCUT2D eigenvalue weighted by molar-refractivity contribution is 5.96. The van der Waals surface area contributed by atoms with Crippen LogP contribution in [0.5, 0.6) is 5.75 Å². The van der Waals surface area contributed by atoms with E-state index in [0.717, 1.165) is 36.0 Å². The fourth-order valence-corrected chi connectivity index (χ4v) is 1.82. The van der Waals surface area contributed by atoms with E-state index in [1.807, 2.05) is 6.92 Å². The summed E-state index contributed by atoms with van der Waals surface area (Å²) in [6.07, 6.45) is -19.6. The molecule has 0 spiro atoms. The van der Waals surface area contributed by atoms with Crippen LogP contribution in [0, 0.1) is 0 Å². The minimum atomic E-state index is -7.25. The summed E-state index contributed by atoms with van der Waals surface area (Å²) in [5, 5.41) is 1.12. The number of carbonyl (C=O) groups is 1. The highest BCUT2D eigenvalue weighted by Gasteiger charge is 2.79. The van der Waals surface area contributed by atoms with Gasteiger partial charge in [-0.3, -0.25) is 9.53 Å². The molecule has 31 heavy (non-hydrogen) atoms. The van der Waals surface area contributed by atoms with E-state index < -0.39 is 41.8 Å². The molecule has 0 aliphatic heterocycles. The second kappa shape index (κ2) is 9.04. The van der Waals surface area contributed by atoms with Crippen LogP contribution in [0.15, 0.2) is 24.3 Å². The van der Waals surface area contributed by atoms with Crippen molar-refractivity contribution >= 4 is 11.6 Å². The fraction of sp³-hybridized carbons (Fsp3) is 0.562. The van der Waals surface area contributed by atoms with Gasteiger partial charge in [-0.2, -0.15) is 48.3 Å². The maximum atomic E-state index is 14.1. The lowest BCUT2D eigenvalue weighted by Gasteiger charge is -2.34. The number of carbonyl (C=O) groups excluding carboxylic acids is 1. The van der Waals surface area contributed by atoms with Gasteiger partial charge < -0.3 is 10.1 Å². The number of halogens is 11. The largest absolute Gasteiger partial charge is 0.494 e. The minimum Gasteiger partial charge on any atom is -0.494 e. The molecule has 0 fully saturated rings. The molecule has 0 bridgehead atoms. The summed E-state index contributed by atoms with van der Waals surface area (Å²) in [5.41, 5.74) is -0.659. The maximum absolute atomic E-state index is 14.1. The highest BCUT2D eigenvalue weighted by atomic mass is 19.4. The minimum absolute atomic E-state index is 0.154. The maximum Gasteiger partial charge on any atom is 0.462 e. The molecule has 1 aromatic rings.